The zero-order chi connectivity index (χ0) is 39.7. The molecule has 0 aromatic carbocycles. The van der Waals surface area contributed by atoms with Crippen molar-refractivity contribution in [2.24, 2.45) is 23.5 Å². The SMILES string of the molecule is CC[C@@H](OC(=O)[C@H](C)[C@@H](O[C@@H]1C[C@](C)(OC)[C@H](O)[C@H](C)O1)[C@H](C)[C@@H](O[C@@H]1O[C@H](C)C[C@@H](N(C)C)[C@H]1O)[C@]1(C)C[C@@H](C)C(=O)O1)[C@@](C)(O)[C@H](O)[C@@H](C)N. The maximum atomic E-state index is 14.1. The highest BCUT2D eigenvalue weighted by atomic mass is 16.7. The summed E-state index contributed by atoms with van der Waals surface area (Å²) in [5.74, 6) is -3.41. The van der Waals surface area contributed by atoms with E-state index in [9.17, 15) is 30.0 Å². The summed E-state index contributed by atoms with van der Waals surface area (Å²) in [4.78, 5) is 29.0. The smallest absolute Gasteiger partial charge is 0.311 e. The summed E-state index contributed by atoms with van der Waals surface area (Å²) in [7, 11) is 5.22. The monoisotopic (exact) mass is 748 g/mol. The van der Waals surface area contributed by atoms with Crippen molar-refractivity contribution < 1.29 is 63.2 Å². The van der Waals surface area contributed by atoms with E-state index in [1.54, 1.807) is 55.4 Å². The van der Waals surface area contributed by atoms with Crippen LogP contribution in [0.2, 0.25) is 0 Å². The van der Waals surface area contributed by atoms with E-state index < -0.39 is 108 Å². The molecular weight excluding hydrogens is 680 g/mol. The molecule has 0 bridgehead atoms. The van der Waals surface area contributed by atoms with E-state index in [0.717, 1.165) is 0 Å². The predicted molar refractivity (Wildman–Crippen MR) is 190 cm³/mol. The molecule has 18 atom stereocenters. The Hall–Kier alpha value is -1.50. The molecule has 0 amide bonds. The molecule has 304 valence electrons. The van der Waals surface area contributed by atoms with Crippen LogP contribution in [0.25, 0.3) is 0 Å². The Morgan fingerprint density at radius 1 is 1.10 bits per heavy atom. The van der Waals surface area contributed by atoms with Crippen molar-refractivity contribution >= 4 is 11.9 Å². The van der Waals surface area contributed by atoms with Crippen LogP contribution in [0.3, 0.4) is 0 Å². The maximum absolute atomic E-state index is 14.1. The summed E-state index contributed by atoms with van der Waals surface area (Å²) in [6, 6.07) is -1.10. The maximum Gasteiger partial charge on any atom is 0.311 e. The molecule has 0 aliphatic carbocycles. The minimum Gasteiger partial charge on any atom is -0.459 e. The molecule has 3 saturated heterocycles. The van der Waals surface area contributed by atoms with E-state index in [1.807, 2.05) is 25.9 Å². The van der Waals surface area contributed by atoms with E-state index in [1.165, 1.54) is 14.0 Å². The summed E-state index contributed by atoms with van der Waals surface area (Å²) in [5.41, 5.74) is 1.76. The zero-order valence-corrected chi connectivity index (χ0v) is 33.5. The number of rotatable bonds is 16. The van der Waals surface area contributed by atoms with Gasteiger partial charge in [0.05, 0.1) is 35.7 Å². The number of carbonyl (C=O) groups excluding carboxylic acids is 2. The van der Waals surface area contributed by atoms with Gasteiger partial charge >= 0.3 is 11.9 Å². The highest BCUT2D eigenvalue weighted by molar-refractivity contribution is 5.75. The Morgan fingerprint density at radius 2 is 1.71 bits per heavy atom. The fraction of sp³-hybridized carbons (Fsp3) is 0.946. The molecule has 15 heteroatoms. The lowest BCUT2D eigenvalue weighted by Crippen LogP contribution is -2.60. The molecular formula is C37H68N2O13. The van der Waals surface area contributed by atoms with Crippen molar-refractivity contribution in [2.75, 3.05) is 21.2 Å². The van der Waals surface area contributed by atoms with Crippen molar-refractivity contribution in [1.82, 2.24) is 4.90 Å². The fourth-order valence-corrected chi connectivity index (χ4v) is 8.22. The summed E-state index contributed by atoms with van der Waals surface area (Å²) in [6.45, 7) is 16.9. The minimum absolute atomic E-state index is 0.105. The molecule has 3 rings (SSSR count). The van der Waals surface area contributed by atoms with Gasteiger partial charge in [-0.3, -0.25) is 9.59 Å². The van der Waals surface area contributed by atoms with Gasteiger partial charge in [-0.15, -0.1) is 0 Å². The highest BCUT2D eigenvalue weighted by Crippen LogP contribution is 2.43. The number of ether oxygens (including phenoxy) is 7. The first-order valence-electron chi connectivity index (χ1n) is 18.7. The summed E-state index contributed by atoms with van der Waals surface area (Å²) in [6.07, 6.45) is -8.52. The number of aliphatic hydroxyl groups excluding tert-OH is 3. The number of esters is 2. The van der Waals surface area contributed by atoms with Crippen LogP contribution >= 0.6 is 0 Å². The van der Waals surface area contributed by atoms with Crippen molar-refractivity contribution in [3.05, 3.63) is 0 Å². The average Bonchev–Trinajstić information content (AvgIpc) is 3.34. The van der Waals surface area contributed by atoms with Crippen molar-refractivity contribution in [3.8, 4) is 0 Å². The van der Waals surface area contributed by atoms with Gasteiger partial charge in [-0.2, -0.15) is 0 Å². The quantitative estimate of drug-likeness (QED) is 0.142. The third-order valence-electron chi connectivity index (χ3n) is 11.6. The fourth-order valence-electron chi connectivity index (χ4n) is 8.22. The molecule has 3 aliphatic heterocycles. The number of hydrogen-bond donors (Lipinski definition) is 5. The Morgan fingerprint density at radius 3 is 2.21 bits per heavy atom. The Balaban J connectivity index is 2.09. The van der Waals surface area contributed by atoms with Gasteiger partial charge < -0.3 is 64.2 Å². The first-order valence-corrected chi connectivity index (χ1v) is 18.7. The number of carbonyl (C=O) groups is 2. The predicted octanol–water partition coefficient (Wildman–Crippen LogP) is 1.48. The van der Waals surface area contributed by atoms with Gasteiger partial charge in [-0.05, 0) is 75.4 Å². The lowest BCUT2D eigenvalue weighted by Gasteiger charge is -2.48. The van der Waals surface area contributed by atoms with Gasteiger partial charge in [0.1, 0.15) is 41.7 Å². The van der Waals surface area contributed by atoms with Gasteiger partial charge in [-0.25, -0.2) is 0 Å². The van der Waals surface area contributed by atoms with Crippen LogP contribution in [0.4, 0.5) is 0 Å². The topological polar surface area (TPSA) is 209 Å². The van der Waals surface area contributed by atoms with E-state index >= 15 is 0 Å². The second kappa shape index (κ2) is 17.5. The molecule has 0 spiro atoms. The number of hydrogen-bond acceptors (Lipinski definition) is 15. The van der Waals surface area contributed by atoms with Crippen LogP contribution in [0.15, 0.2) is 0 Å². The van der Waals surface area contributed by atoms with Crippen molar-refractivity contribution in [2.45, 2.75) is 185 Å². The molecule has 52 heavy (non-hydrogen) atoms. The second-order valence-electron chi connectivity index (χ2n) is 16.5. The number of cyclic esters (lactones) is 1. The Kier molecular flexibility index (Phi) is 15.1. The van der Waals surface area contributed by atoms with E-state index in [4.69, 9.17) is 38.9 Å². The second-order valence-corrected chi connectivity index (χ2v) is 16.5. The van der Waals surface area contributed by atoms with Crippen LogP contribution in [0.5, 0.6) is 0 Å². The zero-order valence-electron chi connectivity index (χ0n) is 33.5. The molecule has 0 aromatic rings. The van der Waals surface area contributed by atoms with Crippen LogP contribution < -0.4 is 5.73 Å². The minimum atomic E-state index is -1.87. The summed E-state index contributed by atoms with van der Waals surface area (Å²) in [5, 5.41) is 44.4. The van der Waals surface area contributed by atoms with Gasteiger partial charge in [0.2, 0.25) is 0 Å². The van der Waals surface area contributed by atoms with Crippen LogP contribution in [0.1, 0.15) is 94.9 Å². The van der Waals surface area contributed by atoms with E-state index in [-0.39, 0.29) is 31.4 Å². The third-order valence-corrected chi connectivity index (χ3v) is 11.6. The molecule has 3 fully saturated rings. The number of nitrogens with two attached hydrogens (primary N) is 1. The van der Waals surface area contributed by atoms with Crippen LogP contribution in [-0.4, -0.2) is 149 Å². The number of aliphatic hydroxyl groups is 4. The standard InChI is InChI=1S/C37H68N2O13/c1-14-25(37(10,45)29(41)22(6)38)49-33(44)21(5)28(50-26-17-35(8,46-13)30(42)23(7)48-26)20(4)31(36(9)16-18(2)32(43)52-36)51-34-27(40)24(39(11)12)15-19(3)47-34/h18-31,34,40-42,45H,14-17,38H2,1-13H3/t18-,19-,20+,21-,22-,23+,24-,25-,26-,27-,28+,29-,30-,31-,34+,35+,36+,37-/m1/s1. The van der Waals surface area contributed by atoms with Gasteiger partial charge in [0.25, 0.3) is 0 Å². The molecule has 6 N–H and O–H groups in total. The number of likely N-dealkylation sites (N-methyl/N-ethyl adjacent to an activating group) is 1. The van der Waals surface area contributed by atoms with Crippen molar-refractivity contribution in [1.29, 1.82) is 0 Å². The molecule has 0 saturated carbocycles. The normalized spacial score (nSPS) is 39.5. The molecule has 3 aliphatic rings. The summed E-state index contributed by atoms with van der Waals surface area (Å²) < 4.78 is 43.3. The molecule has 15 nitrogen and oxygen atoms in total. The van der Waals surface area contributed by atoms with Gasteiger partial charge in [0.15, 0.2) is 12.6 Å². The molecule has 0 radical (unpaired) electrons. The van der Waals surface area contributed by atoms with Gasteiger partial charge in [-0.1, -0.05) is 20.8 Å². The number of nitrogens with zero attached hydrogens (tertiary/aromatic N) is 1. The first-order chi connectivity index (χ1) is 23.9. The Labute approximate surface area is 309 Å². The van der Waals surface area contributed by atoms with E-state index in [2.05, 4.69) is 0 Å². The van der Waals surface area contributed by atoms with Crippen LogP contribution in [0, 0.1) is 17.8 Å². The van der Waals surface area contributed by atoms with E-state index in [0.29, 0.717) is 6.42 Å². The lowest BCUT2D eigenvalue weighted by atomic mass is 9.79. The largest absolute Gasteiger partial charge is 0.459 e. The molecule has 0 unspecified atom stereocenters. The summed E-state index contributed by atoms with van der Waals surface area (Å²) >= 11 is 0. The third kappa shape index (κ3) is 9.65. The van der Waals surface area contributed by atoms with Crippen LogP contribution in [-0.2, 0) is 42.7 Å². The molecule has 3 heterocycles. The Bertz CT molecular complexity index is 1190. The lowest BCUT2D eigenvalue weighted by molar-refractivity contribution is -0.316. The molecule has 0 aromatic heterocycles. The first kappa shape index (κ1) is 44.9. The average molecular weight is 749 g/mol. The number of methoxy groups -OCH3 is 1. The highest BCUT2D eigenvalue weighted by Gasteiger charge is 2.56. The van der Waals surface area contributed by atoms with Crippen molar-refractivity contribution in [3.63, 3.8) is 0 Å². The van der Waals surface area contributed by atoms with Gasteiger partial charge in [0, 0.05) is 38.0 Å².